The van der Waals surface area contributed by atoms with Crippen LogP contribution in [-0.2, 0) is 14.8 Å². The Hall–Kier alpha value is -2.84. The Morgan fingerprint density at radius 3 is 2.60 bits per heavy atom. The van der Waals surface area contributed by atoms with Gasteiger partial charge in [0.1, 0.15) is 6.07 Å². The first-order valence-corrected chi connectivity index (χ1v) is 11.0. The molecule has 1 aliphatic rings. The fraction of sp³-hybridized carbons (Fsp3) is 0.250. The molecule has 0 radical (unpaired) electrons. The van der Waals surface area contributed by atoms with Gasteiger partial charge >= 0.3 is 0 Å². The van der Waals surface area contributed by atoms with E-state index in [4.69, 9.17) is 22.2 Å². The number of carbonyl (C=O) groups is 1. The summed E-state index contributed by atoms with van der Waals surface area (Å²) in [5.41, 5.74) is 1.64. The minimum absolute atomic E-state index is 0.00328. The third kappa shape index (κ3) is 4.83. The van der Waals surface area contributed by atoms with Gasteiger partial charge < -0.3 is 10.1 Å². The van der Waals surface area contributed by atoms with Crippen molar-refractivity contribution in [3.63, 3.8) is 0 Å². The summed E-state index contributed by atoms with van der Waals surface area (Å²) in [5, 5.41) is 14.5. The number of para-hydroxylation sites is 1. The number of rotatable bonds is 4. The molecule has 2 N–H and O–H groups in total. The van der Waals surface area contributed by atoms with E-state index in [1.165, 1.54) is 16.4 Å². The average Bonchev–Trinajstić information content (AvgIpc) is 2.74. The molecule has 0 saturated carbocycles. The van der Waals surface area contributed by atoms with Crippen molar-refractivity contribution in [2.75, 3.05) is 31.6 Å². The Bertz CT molecular complexity index is 1120. The first-order valence-electron chi connectivity index (χ1n) is 9.13. The van der Waals surface area contributed by atoms with Gasteiger partial charge in [-0.3, -0.25) is 10.1 Å². The first kappa shape index (κ1) is 21.9. The SMILES string of the molecule is Cc1ccc(S(=O)(=O)N2CCOCC2)cc1C(=O)NC(=S)Nc1ccccc1C#N. The van der Waals surface area contributed by atoms with E-state index in [1.54, 1.807) is 37.3 Å². The van der Waals surface area contributed by atoms with Gasteiger partial charge in [-0.15, -0.1) is 0 Å². The van der Waals surface area contributed by atoms with Crippen LogP contribution in [-0.4, -0.2) is 50.0 Å². The van der Waals surface area contributed by atoms with E-state index in [0.717, 1.165) is 0 Å². The highest BCUT2D eigenvalue weighted by Crippen LogP contribution is 2.21. The molecule has 1 amide bonds. The van der Waals surface area contributed by atoms with Crippen LogP contribution in [0.15, 0.2) is 47.4 Å². The van der Waals surface area contributed by atoms with Crippen LogP contribution < -0.4 is 10.6 Å². The molecule has 2 aromatic carbocycles. The zero-order valence-corrected chi connectivity index (χ0v) is 17.8. The lowest BCUT2D eigenvalue weighted by Crippen LogP contribution is -2.40. The molecule has 0 unspecified atom stereocenters. The van der Waals surface area contributed by atoms with Crippen molar-refractivity contribution in [3.05, 3.63) is 59.2 Å². The molecule has 30 heavy (non-hydrogen) atoms. The summed E-state index contributed by atoms with van der Waals surface area (Å²) in [6.45, 7) is 2.92. The topological polar surface area (TPSA) is 112 Å². The predicted molar refractivity (Wildman–Crippen MR) is 116 cm³/mol. The molecule has 0 spiro atoms. The van der Waals surface area contributed by atoms with Gasteiger partial charge in [0, 0.05) is 18.7 Å². The zero-order chi connectivity index (χ0) is 21.7. The average molecular weight is 445 g/mol. The van der Waals surface area contributed by atoms with Crippen LogP contribution in [0, 0.1) is 18.3 Å². The minimum Gasteiger partial charge on any atom is -0.379 e. The number of carbonyl (C=O) groups excluding carboxylic acids is 1. The highest BCUT2D eigenvalue weighted by Gasteiger charge is 2.27. The van der Waals surface area contributed by atoms with Crippen molar-refractivity contribution in [1.29, 1.82) is 5.26 Å². The van der Waals surface area contributed by atoms with Gasteiger partial charge in [0.05, 0.1) is 29.4 Å². The molecular formula is C20H20N4O4S2. The molecule has 1 heterocycles. The molecule has 0 aliphatic carbocycles. The van der Waals surface area contributed by atoms with Gasteiger partial charge in [0.25, 0.3) is 5.91 Å². The Morgan fingerprint density at radius 2 is 1.90 bits per heavy atom. The lowest BCUT2D eigenvalue weighted by Gasteiger charge is -2.26. The molecule has 3 rings (SSSR count). The maximum atomic E-state index is 12.9. The fourth-order valence-electron chi connectivity index (χ4n) is 2.96. The number of ether oxygens (including phenoxy) is 1. The van der Waals surface area contributed by atoms with E-state index in [0.29, 0.717) is 30.0 Å². The summed E-state index contributed by atoms with van der Waals surface area (Å²) in [6, 6.07) is 13.2. The maximum Gasteiger partial charge on any atom is 0.257 e. The number of hydrogen-bond donors (Lipinski definition) is 2. The molecule has 156 valence electrons. The predicted octanol–water partition coefficient (Wildman–Crippen LogP) is 2.01. The van der Waals surface area contributed by atoms with E-state index in [1.807, 2.05) is 6.07 Å². The lowest BCUT2D eigenvalue weighted by molar-refractivity contribution is 0.0730. The number of thiocarbonyl (C=S) groups is 1. The van der Waals surface area contributed by atoms with Crippen molar-refractivity contribution < 1.29 is 17.9 Å². The molecule has 0 bridgehead atoms. The van der Waals surface area contributed by atoms with Crippen LogP contribution in [0.3, 0.4) is 0 Å². The smallest absolute Gasteiger partial charge is 0.257 e. The van der Waals surface area contributed by atoms with Crippen molar-refractivity contribution in [1.82, 2.24) is 9.62 Å². The molecule has 0 atom stereocenters. The van der Waals surface area contributed by atoms with Crippen LogP contribution in [0.5, 0.6) is 0 Å². The van der Waals surface area contributed by atoms with E-state index < -0.39 is 15.9 Å². The molecular weight excluding hydrogens is 424 g/mol. The highest BCUT2D eigenvalue weighted by molar-refractivity contribution is 7.89. The van der Waals surface area contributed by atoms with Crippen molar-refractivity contribution in [2.45, 2.75) is 11.8 Å². The standard InChI is InChI=1S/C20H20N4O4S2/c1-14-6-7-16(30(26,27)24-8-10-28-11-9-24)12-17(14)19(25)23-20(29)22-18-5-3-2-4-15(18)13-21/h2-7,12H,8-11H2,1H3,(H2,22,23,25,29). The lowest BCUT2D eigenvalue weighted by atomic mass is 10.1. The van der Waals surface area contributed by atoms with E-state index in [9.17, 15) is 13.2 Å². The number of nitrogens with one attached hydrogen (secondary N) is 2. The van der Waals surface area contributed by atoms with Gasteiger partial charge in [-0.1, -0.05) is 18.2 Å². The van der Waals surface area contributed by atoms with Gasteiger partial charge in [0.2, 0.25) is 10.0 Å². The van der Waals surface area contributed by atoms with Crippen LogP contribution >= 0.6 is 12.2 Å². The van der Waals surface area contributed by atoms with Crippen LogP contribution in [0.1, 0.15) is 21.5 Å². The van der Waals surface area contributed by atoms with Crippen molar-refractivity contribution >= 4 is 38.9 Å². The maximum absolute atomic E-state index is 12.9. The first-order chi connectivity index (χ1) is 14.3. The van der Waals surface area contributed by atoms with Crippen LogP contribution in [0.2, 0.25) is 0 Å². The number of hydrogen-bond acceptors (Lipinski definition) is 6. The van der Waals surface area contributed by atoms with E-state index in [2.05, 4.69) is 10.6 Å². The Kier molecular flexibility index (Phi) is 6.79. The largest absolute Gasteiger partial charge is 0.379 e. The van der Waals surface area contributed by atoms with Gasteiger partial charge in [-0.05, 0) is 49.0 Å². The Balaban J connectivity index is 1.78. The summed E-state index contributed by atoms with van der Waals surface area (Å²) in [4.78, 5) is 12.8. The third-order valence-corrected chi connectivity index (χ3v) is 6.68. The number of benzene rings is 2. The molecule has 1 aliphatic heterocycles. The quantitative estimate of drug-likeness (QED) is 0.694. The second-order valence-corrected chi connectivity index (χ2v) is 8.91. The molecule has 10 heteroatoms. The highest BCUT2D eigenvalue weighted by atomic mass is 32.2. The summed E-state index contributed by atoms with van der Waals surface area (Å²) >= 11 is 5.18. The number of nitriles is 1. The van der Waals surface area contributed by atoms with E-state index >= 15 is 0 Å². The summed E-state index contributed by atoms with van der Waals surface area (Å²) in [6.07, 6.45) is 0. The summed E-state index contributed by atoms with van der Waals surface area (Å²) in [7, 11) is -3.73. The number of sulfonamides is 1. The number of amides is 1. The van der Waals surface area contributed by atoms with Crippen molar-refractivity contribution in [3.8, 4) is 6.07 Å². The van der Waals surface area contributed by atoms with Crippen LogP contribution in [0.25, 0.3) is 0 Å². The van der Waals surface area contributed by atoms with Crippen molar-refractivity contribution in [2.24, 2.45) is 0 Å². The number of nitrogens with zero attached hydrogens (tertiary/aromatic N) is 2. The Labute approximate surface area is 180 Å². The monoisotopic (exact) mass is 444 g/mol. The fourth-order valence-corrected chi connectivity index (χ4v) is 4.59. The van der Waals surface area contributed by atoms with Gasteiger partial charge in [-0.25, -0.2) is 8.42 Å². The van der Waals surface area contributed by atoms with Crippen LogP contribution in [0.4, 0.5) is 5.69 Å². The zero-order valence-electron chi connectivity index (χ0n) is 16.2. The number of morpholine rings is 1. The van der Waals surface area contributed by atoms with E-state index in [-0.39, 0.29) is 28.7 Å². The van der Waals surface area contributed by atoms with Gasteiger partial charge in [0.15, 0.2) is 5.11 Å². The van der Waals surface area contributed by atoms with Gasteiger partial charge in [-0.2, -0.15) is 9.57 Å². The minimum atomic E-state index is -3.73. The molecule has 8 nitrogen and oxygen atoms in total. The second kappa shape index (κ2) is 9.32. The number of anilines is 1. The molecule has 0 aromatic heterocycles. The second-order valence-electron chi connectivity index (χ2n) is 6.56. The summed E-state index contributed by atoms with van der Waals surface area (Å²) < 4.78 is 32.3. The molecule has 1 fully saturated rings. The normalized spacial score (nSPS) is 14.5. The third-order valence-electron chi connectivity index (χ3n) is 4.58. The number of aryl methyl sites for hydroxylation is 1. The molecule has 1 saturated heterocycles. The summed E-state index contributed by atoms with van der Waals surface area (Å²) in [5.74, 6) is -0.543. The molecule has 2 aromatic rings. The Morgan fingerprint density at radius 1 is 1.20 bits per heavy atom.